The first-order valence-corrected chi connectivity index (χ1v) is 5.18. The van der Waals surface area contributed by atoms with Gasteiger partial charge in [0.2, 0.25) is 0 Å². The molecule has 4 heteroatoms. The van der Waals surface area contributed by atoms with E-state index in [0.29, 0.717) is 25.3 Å². The summed E-state index contributed by atoms with van der Waals surface area (Å²) in [4.78, 5) is 11.5. The van der Waals surface area contributed by atoms with E-state index in [4.69, 9.17) is 4.74 Å². The number of carbonyl (C=O) groups is 1. The number of hydrogen-bond acceptors (Lipinski definition) is 3. The molecule has 1 N–H and O–H groups in total. The van der Waals surface area contributed by atoms with Crippen molar-refractivity contribution in [2.75, 3.05) is 26.8 Å². The molecule has 1 aromatic carbocycles. The topological polar surface area (TPSA) is 38.3 Å². The van der Waals surface area contributed by atoms with Gasteiger partial charge in [0, 0.05) is 20.1 Å². The normalized spacial score (nSPS) is 10.4. The van der Waals surface area contributed by atoms with Crippen LogP contribution in [0.5, 0.6) is 0 Å². The van der Waals surface area contributed by atoms with E-state index in [-0.39, 0.29) is 18.0 Å². The average molecular weight is 225 g/mol. The van der Waals surface area contributed by atoms with Crippen molar-refractivity contribution in [2.24, 2.45) is 0 Å². The third kappa shape index (κ3) is 5.00. The fourth-order valence-corrected chi connectivity index (χ4v) is 1.34. The van der Waals surface area contributed by atoms with Gasteiger partial charge in [0.15, 0.2) is 5.78 Å². The van der Waals surface area contributed by atoms with Crippen molar-refractivity contribution in [3.63, 3.8) is 0 Å². The number of hydrogen-bond donors (Lipinski definition) is 1. The molecule has 0 saturated carbocycles. The summed E-state index contributed by atoms with van der Waals surface area (Å²) < 4.78 is 17.7. The molecule has 0 saturated heterocycles. The zero-order chi connectivity index (χ0) is 11.8. The molecule has 0 amide bonds. The third-order valence-electron chi connectivity index (χ3n) is 2.10. The molecule has 0 bridgehead atoms. The van der Waals surface area contributed by atoms with Gasteiger partial charge in [-0.15, -0.1) is 0 Å². The minimum absolute atomic E-state index is 0.0432. The van der Waals surface area contributed by atoms with Crippen LogP contribution in [0, 0.1) is 5.82 Å². The number of rotatable bonds is 7. The summed E-state index contributed by atoms with van der Waals surface area (Å²) in [5.41, 5.74) is 0.707. The van der Waals surface area contributed by atoms with E-state index in [2.05, 4.69) is 5.32 Å². The molecule has 88 valence electrons. The predicted octanol–water partition coefficient (Wildman–Crippen LogP) is 1.17. The highest BCUT2D eigenvalue weighted by molar-refractivity contribution is 5.82. The van der Waals surface area contributed by atoms with E-state index in [1.165, 1.54) is 12.1 Å². The monoisotopic (exact) mass is 225 g/mol. The molecule has 0 aliphatic rings. The maximum Gasteiger partial charge on any atom is 0.150 e. The number of nitrogens with one attached hydrogen (secondary N) is 1. The number of Topliss-reactive ketones (excluding diaryl/α,β-unsaturated/α-hetero) is 1. The van der Waals surface area contributed by atoms with Crippen molar-refractivity contribution >= 4 is 5.78 Å². The largest absolute Gasteiger partial charge is 0.383 e. The fraction of sp³-hybridized carbons (Fsp3) is 0.417. The summed E-state index contributed by atoms with van der Waals surface area (Å²) in [7, 11) is 1.61. The van der Waals surface area contributed by atoms with Crippen molar-refractivity contribution in [2.45, 2.75) is 6.42 Å². The maximum absolute atomic E-state index is 12.8. The standard InChI is InChI=1S/C12H16FNO2/c1-16-6-5-14-9-12(15)8-10-3-2-4-11(13)7-10/h2-4,7,14H,5-6,8-9H2,1H3. The van der Waals surface area contributed by atoms with Crippen LogP contribution in [0.2, 0.25) is 0 Å². The van der Waals surface area contributed by atoms with Crippen LogP contribution >= 0.6 is 0 Å². The smallest absolute Gasteiger partial charge is 0.150 e. The molecule has 1 rings (SSSR count). The molecule has 3 nitrogen and oxygen atoms in total. The van der Waals surface area contributed by atoms with Crippen molar-refractivity contribution in [3.8, 4) is 0 Å². The van der Waals surface area contributed by atoms with E-state index in [1.807, 2.05) is 0 Å². The predicted molar refractivity (Wildman–Crippen MR) is 59.9 cm³/mol. The molecule has 0 radical (unpaired) electrons. The number of ether oxygens (including phenoxy) is 1. The van der Waals surface area contributed by atoms with Crippen molar-refractivity contribution < 1.29 is 13.9 Å². The zero-order valence-corrected chi connectivity index (χ0v) is 9.33. The molecular weight excluding hydrogens is 209 g/mol. The van der Waals surface area contributed by atoms with E-state index in [0.717, 1.165) is 0 Å². The van der Waals surface area contributed by atoms with Gasteiger partial charge in [-0.3, -0.25) is 4.79 Å². The molecule has 0 atom stereocenters. The number of benzene rings is 1. The number of halogens is 1. The molecular formula is C12H16FNO2. The average Bonchev–Trinajstić information content (AvgIpc) is 2.24. The van der Waals surface area contributed by atoms with Crippen molar-refractivity contribution in [3.05, 3.63) is 35.6 Å². The Morgan fingerprint density at radius 1 is 1.50 bits per heavy atom. The molecule has 0 spiro atoms. The summed E-state index contributed by atoms with van der Waals surface area (Å²) in [5, 5.41) is 2.95. The van der Waals surface area contributed by atoms with Gasteiger partial charge in [0.05, 0.1) is 13.2 Å². The maximum atomic E-state index is 12.8. The quantitative estimate of drug-likeness (QED) is 0.708. The minimum atomic E-state index is -0.308. The second-order valence-electron chi connectivity index (χ2n) is 3.51. The molecule has 0 aliphatic heterocycles. The van der Waals surface area contributed by atoms with Crippen LogP contribution in [0.15, 0.2) is 24.3 Å². The number of ketones is 1. The lowest BCUT2D eigenvalue weighted by atomic mass is 10.1. The van der Waals surface area contributed by atoms with Crippen LogP contribution in [-0.2, 0) is 16.0 Å². The molecule has 0 fully saturated rings. The highest BCUT2D eigenvalue weighted by Gasteiger charge is 2.03. The van der Waals surface area contributed by atoms with Gasteiger partial charge in [-0.05, 0) is 17.7 Å². The lowest BCUT2D eigenvalue weighted by Crippen LogP contribution is -2.27. The minimum Gasteiger partial charge on any atom is -0.383 e. The number of methoxy groups -OCH3 is 1. The lowest BCUT2D eigenvalue weighted by Gasteiger charge is -2.03. The lowest BCUT2D eigenvalue weighted by molar-refractivity contribution is -0.117. The zero-order valence-electron chi connectivity index (χ0n) is 9.33. The number of carbonyl (C=O) groups excluding carboxylic acids is 1. The van der Waals surface area contributed by atoms with Gasteiger partial charge < -0.3 is 10.1 Å². The van der Waals surface area contributed by atoms with Crippen LogP contribution in [0.25, 0.3) is 0 Å². The Balaban J connectivity index is 2.29. The van der Waals surface area contributed by atoms with Gasteiger partial charge in [0.1, 0.15) is 5.82 Å². The summed E-state index contributed by atoms with van der Waals surface area (Å²) in [6, 6.07) is 6.10. The van der Waals surface area contributed by atoms with Crippen LogP contribution in [0.1, 0.15) is 5.56 Å². The molecule has 0 heterocycles. The van der Waals surface area contributed by atoms with Crippen molar-refractivity contribution in [1.82, 2.24) is 5.32 Å². The van der Waals surface area contributed by atoms with E-state index < -0.39 is 0 Å². The second-order valence-corrected chi connectivity index (χ2v) is 3.51. The van der Waals surface area contributed by atoms with E-state index in [9.17, 15) is 9.18 Å². The Kier molecular flexibility index (Phi) is 5.67. The Hall–Kier alpha value is -1.26. The van der Waals surface area contributed by atoms with Crippen LogP contribution < -0.4 is 5.32 Å². The Labute approximate surface area is 94.6 Å². The SMILES string of the molecule is COCCNCC(=O)Cc1cccc(F)c1. The Morgan fingerprint density at radius 3 is 3.00 bits per heavy atom. The van der Waals surface area contributed by atoms with E-state index in [1.54, 1.807) is 19.2 Å². The Bertz CT molecular complexity index is 342. The Morgan fingerprint density at radius 2 is 2.31 bits per heavy atom. The van der Waals surface area contributed by atoms with Gasteiger partial charge in [-0.25, -0.2) is 4.39 Å². The van der Waals surface area contributed by atoms with Gasteiger partial charge in [-0.1, -0.05) is 12.1 Å². The molecule has 0 aromatic heterocycles. The highest BCUT2D eigenvalue weighted by Crippen LogP contribution is 2.04. The summed E-state index contributed by atoms with van der Waals surface area (Å²) in [6.07, 6.45) is 0.262. The first-order chi connectivity index (χ1) is 7.72. The summed E-state index contributed by atoms with van der Waals surface area (Å²) in [5.74, 6) is -0.264. The van der Waals surface area contributed by atoms with Crippen LogP contribution in [0.3, 0.4) is 0 Å². The van der Waals surface area contributed by atoms with Crippen LogP contribution in [-0.4, -0.2) is 32.6 Å². The van der Waals surface area contributed by atoms with Crippen LogP contribution in [0.4, 0.5) is 4.39 Å². The first-order valence-electron chi connectivity index (χ1n) is 5.18. The molecule has 16 heavy (non-hydrogen) atoms. The van der Waals surface area contributed by atoms with E-state index >= 15 is 0 Å². The highest BCUT2D eigenvalue weighted by atomic mass is 19.1. The molecule has 1 aromatic rings. The van der Waals surface area contributed by atoms with Gasteiger partial charge >= 0.3 is 0 Å². The second kappa shape index (κ2) is 7.09. The summed E-state index contributed by atoms with van der Waals surface area (Å²) in [6.45, 7) is 1.51. The fourth-order valence-electron chi connectivity index (χ4n) is 1.34. The summed E-state index contributed by atoms with van der Waals surface area (Å²) >= 11 is 0. The van der Waals surface area contributed by atoms with Gasteiger partial charge in [-0.2, -0.15) is 0 Å². The molecule has 0 unspecified atom stereocenters. The molecule has 0 aliphatic carbocycles. The first kappa shape index (κ1) is 12.8. The van der Waals surface area contributed by atoms with Gasteiger partial charge in [0.25, 0.3) is 0 Å². The third-order valence-corrected chi connectivity index (χ3v) is 2.10. The van der Waals surface area contributed by atoms with Crippen molar-refractivity contribution in [1.29, 1.82) is 0 Å².